The van der Waals surface area contributed by atoms with Crippen molar-refractivity contribution in [3.05, 3.63) is 0 Å². The summed E-state index contributed by atoms with van der Waals surface area (Å²) >= 11 is 0. The van der Waals surface area contributed by atoms with E-state index in [1.807, 2.05) is 21.7 Å². The molecule has 0 aromatic carbocycles. The van der Waals surface area contributed by atoms with Crippen LogP contribution in [0, 0.1) is 5.92 Å². The molecule has 0 aliphatic carbocycles. The average Bonchev–Trinajstić information content (AvgIpc) is 2.48. The van der Waals surface area contributed by atoms with Crippen LogP contribution in [-0.4, -0.2) is 56.6 Å². The minimum absolute atomic E-state index is 0.0792. The van der Waals surface area contributed by atoms with Crippen LogP contribution in [-0.2, 0) is 14.2 Å². The van der Waals surface area contributed by atoms with Crippen molar-refractivity contribution >= 4 is 7.85 Å². The fourth-order valence-electron chi connectivity index (χ4n) is 1.89. The summed E-state index contributed by atoms with van der Waals surface area (Å²) in [5.74, 6) is 0.459. The Hall–Kier alpha value is -0.0951. The Balaban J connectivity index is 2.41. The van der Waals surface area contributed by atoms with Crippen LogP contribution in [0.4, 0.5) is 0 Å². The third kappa shape index (κ3) is 4.58. The summed E-state index contributed by atoms with van der Waals surface area (Å²) < 4.78 is 16.8. The van der Waals surface area contributed by atoms with Gasteiger partial charge in [-0.25, -0.2) is 0 Å². The number of aliphatic hydroxyl groups excluding tert-OH is 1. The summed E-state index contributed by atoms with van der Waals surface area (Å²) in [7, 11) is 1.93. The average molecular weight is 244 g/mol. The molecule has 4 unspecified atom stereocenters. The van der Waals surface area contributed by atoms with E-state index in [2.05, 4.69) is 13.8 Å². The lowest BCUT2D eigenvalue weighted by molar-refractivity contribution is -0.0552. The van der Waals surface area contributed by atoms with Gasteiger partial charge in [0.15, 0.2) is 0 Å². The number of rotatable bonds is 6. The lowest BCUT2D eigenvalue weighted by Crippen LogP contribution is -2.37. The van der Waals surface area contributed by atoms with Crippen LogP contribution < -0.4 is 0 Å². The molecule has 1 rings (SSSR count). The van der Waals surface area contributed by atoms with Gasteiger partial charge in [0.25, 0.3) is 0 Å². The van der Waals surface area contributed by atoms with Gasteiger partial charge in [0.05, 0.1) is 18.7 Å². The highest BCUT2D eigenvalue weighted by molar-refractivity contribution is 6.11. The molecule has 4 atom stereocenters. The van der Waals surface area contributed by atoms with Gasteiger partial charge in [-0.05, 0) is 19.8 Å². The first-order chi connectivity index (χ1) is 7.91. The van der Waals surface area contributed by atoms with Gasteiger partial charge in [0.1, 0.15) is 26.2 Å². The highest BCUT2D eigenvalue weighted by Gasteiger charge is 2.42. The van der Waals surface area contributed by atoms with Crippen LogP contribution in [0.1, 0.15) is 27.7 Å². The van der Waals surface area contributed by atoms with E-state index in [0.717, 1.165) is 0 Å². The first-order valence-electron chi connectivity index (χ1n) is 6.48. The summed E-state index contributed by atoms with van der Waals surface area (Å²) in [6.07, 6.45) is -0.957. The molecule has 0 aromatic heterocycles. The van der Waals surface area contributed by atoms with Crippen molar-refractivity contribution in [1.29, 1.82) is 0 Å². The maximum Gasteiger partial charge on any atom is 0.142 e. The molecule has 1 fully saturated rings. The fourth-order valence-corrected chi connectivity index (χ4v) is 1.89. The maximum atomic E-state index is 10.1. The minimum atomic E-state index is -0.595. The monoisotopic (exact) mass is 244 g/mol. The zero-order chi connectivity index (χ0) is 13.0. The molecule has 1 aliphatic rings. The Kier molecular flexibility index (Phi) is 5.93. The predicted octanol–water partition coefficient (Wildman–Crippen LogP) is 0.171. The largest absolute Gasteiger partial charge is 0.388 e. The topological polar surface area (TPSA) is 47.9 Å². The van der Waals surface area contributed by atoms with E-state index in [1.165, 1.54) is 0 Å². The van der Waals surface area contributed by atoms with Gasteiger partial charge in [0.2, 0.25) is 0 Å². The molecule has 1 aliphatic heterocycles. The SMILES string of the molecule is BC1OC(COC(C)C)C(O)C1OCC(C)C. The third-order valence-corrected chi connectivity index (χ3v) is 2.79. The van der Waals surface area contributed by atoms with Crippen molar-refractivity contribution in [2.75, 3.05) is 13.2 Å². The van der Waals surface area contributed by atoms with E-state index in [1.54, 1.807) is 0 Å². The van der Waals surface area contributed by atoms with Crippen LogP contribution >= 0.6 is 0 Å². The van der Waals surface area contributed by atoms with Crippen molar-refractivity contribution < 1.29 is 19.3 Å². The van der Waals surface area contributed by atoms with E-state index < -0.39 is 6.10 Å². The number of aliphatic hydroxyl groups is 1. The van der Waals surface area contributed by atoms with Crippen LogP contribution in [0.25, 0.3) is 0 Å². The van der Waals surface area contributed by atoms with E-state index in [-0.39, 0.29) is 24.3 Å². The Morgan fingerprint density at radius 1 is 1.29 bits per heavy atom. The lowest BCUT2D eigenvalue weighted by atomic mass is 9.93. The van der Waals surface area contributed by atoms with Crippen LogP contribution in [0.3, 0.4) is 0 Å². The molecule has 1 N–H and O–H groups in total. The van der Waals surface area contributed by atoms with E-state index >= 15 is 0 Å². The maximum absolute atomic E-state index is 10.1. The molecule has 4 nitrogen and oxygen atoms in total. The second kappa shape index (κ2) is 6.73. The number of hydrogen-bond donors (Lipinski definition) is 1. The summed E-state index contributed by atoms with van der Waals surface area (Å²) in [5.41, 5.74) is 0. The van der Waals surface area contributed by atoms with E-state index in [4.69, 9.17) is 14.2 Å². The second-order valence-corrected chi connectivity index (χ2v) is 5.44. The second-order valence-electron chi connectivity index (χ2n) is 5.44. The summed E-state index contributed by atoms with van der Waals surface area (Å²) in [5, 5.41) is 10.1. The van der Waals surface area contributed by atoms with Gasteiger partial charge in [-0.3, -0.25) is 0 Å². The first-order valence-corrected chi connectivity index (χ1v) is 6.48. The number of hydrogen-bond acceptors (Lipinski definition) is 4. The Labute approximate surface area is 105 Å². The van der Waals surface area contributed by atoms with Gasteiger partial charge in [0, 0.05) is 6.61 Å². The van der Waals surface area contributed by atoms with Gasteiger partial charge in [-0.15, -0.1) is 0 Å². The molecule has 17 heavy (non-hydrogen) atoms. The van der Waals surface area contributed by atoms with E-state index in [9.17, 15) is 5.11 Å². The molecular formula is C12H25BO4. The Morgan fingerprint density at radius 3 is 2.47 bits per heavy atom. The quantitative estimate of drug-likeness (QED) is 0.677. The highest BCUT2D eigenvalue weighted by atomic mass is 16.6. The normalized spacial score (nSPS) is 33.8. The standard InChI is InChI=1S/C12H25BO4/c1-7(2)5-16-11-10(14)9(17-12(11)13)6-15-8(3)4/h7-12,14H,5-6,13H2,1-4H3. The smallest absolute Gasteiger partial charge is 0.142 e. The predicted molar refractivity (Wildman–Crippen MR) is 68.9 cm³/mol. The van der Waals surface area contributed by atoms with E-state index in [0.29, 0.717) is 19.1 Å². The third-order valence-electron chi connectivity index (χ3n) is 2.79. The lowest BCUT2D eigenvalue weighted by Gasteiger charge is -2.20. The molecule has 0 saturated carbocycles. The van der Waals surface area contributed by atoms with Crippen molar-refractivity contribution in [2.24, 2.45) is 5.92 Å². The van der Waals surface area contributed by atoms with Gasteiger partial charge < -0.3 is 19.3 Å². The zero-order valence-electron chi connectivity index (χ0n) is 11.6. The molecular weight excluding hydrogens is 219 g/mol. The first kappa shape index (κ1) is 15.0. The van der Waals surface area contributed by atoms with Crippen molar-refractivity contribution in [1.82, 2.24) is 0 Å². The Morgan fingerprint density at radius 2 is 1.94 bits per heavy atom. The Bertz CT molecular complexity index is 223. The summed E-state index contributed by atoms with van der Waals surface area (Å²) in [4.78, 5) is 0. The highest BCUT2D eigenvalue weighted by Crippen LogP contribution is 2.23. The molecule has 0 aromatic rings. The van der Waals surface area contributed by atoms with Crippen LogP contribution in [0.15, 0.2) is 0 Å². The van der Waals surface area contributed by atoms with Crippen molar-refractivity contribution in [3.8, 4) is 0 Å². The molecule has 0 spiro atoms. The molecule has 1 heterocycles. The molecule has 0 amide bonds. The molecule has 1 saturated heterocycles. The number of ether oxygens (including phenoxy) is 3. The zero-order valence-corrected chi connectivity index (χ0v) is 11.6. The van der Waals surface area contributed by atoms with Gasteiger partial charge in [-0.1, -0.05) is 13.8 Å². The molecule has 0 bridgehead atoms. The van der Waals surface area contributed by atoms with Gasteiger partial charge in [-0.2, -0.15) is 0 Å². The van der Waals surface area contributed by atoms with Crippen molar-refractivity contribution in [3.63, 3.8) is 0 Å². The van der Waals surface area contributed by atoms with Crippen LogP contribution in [0.5, 0.6) is 0 Å². The summed E-state index contributed by atoms with van der Waals surface area (Å²) in [6, 6.07) is -0.0792. The fraction of sp³-hybridized carbons (Fsp3) is 1.00. The molecule has 5 heteroatoms. The molecule has 100 valence electrons. The van der Waals surface area contributed by atoms with Crippen molar-refractivity contribution in [2.45, 2.75) is 58.1 Å². The van der Waals surface area contributed by atoms with Crippen LogP contribution in [0.2, 0.25) is 0 Å². The minimum Gasteiger partial charge on any atom is -0.388 e. The summed E-state index contributed by atoms with van der Waals surface area (Å²) in [6.45, 7) is 9.19. The molecule has 0 radical (unpaired) electrons. The van der Waals surface area contributed by atoms with Gasteiger partial charge >= 0.3 is 0 Å².